The van der Waals surface area contributed by atoms with E-state index in [1.165, 1.54) is 0 Å². The van der Waals surface area contributed by atoms with E-state index in [1.807, 2.05) is 50.6 Å². The minimum absolute atomic E-state index is 0.182. The van der Waals surface area contributed by atoms with E-state index in [4.69, 9.17) is 4.98 Å². The van der Waals surface area contributed by atoms with Gasteiger partial charge in [-0.2, -0.15) is 5.10 Å². The van der Waals surface area contributed by atoms with Gasteiger partial charge in [-0.25, -0.2) is 8.78 Å². The Hall–Kier alpha value is -2.95. The maximum atomic E-state index is 14.5. The number of nitrogens with one attached hydrogen (secondary N) is 1. The van der Waals surface area contributed by atoms with Crippen molar-refractivity contribution in [1.29, 1.82) is 0 Å². The average molecular weight is 529 g/mol. The molecule has 0 saturated carbocycles. The molecule has 1 saturated heterocycles. The van der Waals surface area contributed by atoms with Crippen LogP contribution >= 0.6 is 0 Å². The molecule has 0 spiro atoms. The quantitative estimate of drug-likeness (QED) is 0.416. The van der Waals surface area contributed by atoms with E-state index in [0.717, 1.165) is 47.6 Å². The van der Waals surface area contributed by atoms with Gasteiger partial charge < -0.3 is 10.4 Å². The number of hydrogen-bond donors (Lipinski definition) is 2. The first kappa shape index (κ1) is 26.6. The van der Waals surface area contributed by atoms with Gasteiger partial charge >= 0.3 is 0 Å². The Balaban J connectivity index is 1.40. The van der Waals surface area contributed by atoms with Crippen molar-refractivity contribution < 1.29 is 18.3 Å². The number of anilines is 1. The fourth-order valence-corrected chi connectivity index (χ4v) is 5.58. The highest BCUT2D eigenvalue weighted by Gasteiger charge is 2.41. The average Bonchev–Trinajstić information content (AvgIpc) is 3.32. The number of fused-ring (bicyclic) bond motifs is 1. The first-order chi connectivity index (χ1) is 18.3. The second-order valence-corrected chi connectivity index (χ2v) is 10.6. The van der Waals surface area contributed by atoms with Gasteiger partial charge in [-0.15, -0.1) is 0 Å². The molecular weight excluding hydrogens is 493 g/mol. The minimum Gasteiger partial charge on any atom is -0.390 e. The molecule has 1 fully saturated rings. The predicted molar refractivity (Wildman–Crippen MR) is 141 cm³/mol. The van der Waals surface area contributed by atoms with Crippen LogP contribution in [0.1, 0.15) is 36.2 Å². The standard InChI is InChI=1S/C28H35F3N6O/c1-19-10-21-11-20(22-12-33-35(2)14-22)4-6-25(21)27(37(19)17-28(30,31)18-38)26-7-5-23(13-32-26)34-24-15-36(16-24)9-3-8-29/h4-7,11-14,19,24,27,34,38H,3,8-10,15-18H2,1-2H3/t19-,27-/m0/s1. The zero-order chi connectivity index (χ0) is 26.9. The van der Waals surface area contributed by atoms with Crippen molar-refractivity contribution in [3.05, 3.63) is 65.7 Å². The van der Waals surface area contributed by atoms with Gasteiger partial charge in [-0.1, -0.05) is 18.2 Å². The lowest BCUT2D eigenvalue weighted by Gasteiger charge is -2.43. The molecule has 38 heavy (non-hydrogen) atoms. The topological polar surface area (TPSA) is 69.5 Å². The highest BCUT2D eigenvalue weighted by atomic mass is 19.3. The van der Waals surface area contributed by atoms with Crippen LogP contribution in [0.3, 0.4) is 0 Å². The molecule has 2 aromatic heterocycles. The van der Waals surface area contributed by atoms with Crippen molar-refractivity contribution >= 4 is 5.69 Å². The second-order valence-electron chi connectivity index (χ2n) is 10.6. The molecule has 0 unspecified atom stereocenters. The summed E-state index contributed by atoms with van der Waals surface area (Å²) in [6, 6.07) is 9.60. The Morgan fingerprint density at radius 2 is 1.95 bits per heavy atom. The summed E-state index contributed by atoms with van der Waals surface area (Å²) in [5.74, 6) is -3.22. The lowest BCUT2D eigenvalue weighted by Crippen LogP contribution is -2.54. The minimum atomic E-state index is -3.22. The number of pyridine rings is 1. The number of nitrogens with zero attached hydrogens (tertiary/aromatic N) is 5. The van der Waals surface area contributed by atoms with Crippen LogP contribution in [0.15, 0.2) is 48.9 Å². The summed E-state index contributed by atoms with van der Waals surface area (Å²) in [5.41, 5.74) is 5.63. The van der Waals surface area contributed by atoms with Crippen molar-refractivity contribution in [2.75, 3.05) is 44.8 Å². The van der Waals surface area contributed by atoms with E-state index in [9.17, 15) is 18.3 Å². The van der Waals surface area contributed by atoms with Crippen molar-refractivity contribution in [3.63, 3.8) is 0 Å². The van der Waals surface area contributed by atoms with E-state index in [-0.39, 0.29) is 18.8 Å². The molecule has 4 heterocycles. The molecule has 0 aliphatic carbocycles. The third-order valence-corrected chi connectivity index (χ3v) is 7.54. The summed E-state index contributed by atoms with van der Waals surface area (Å²) in [6.45, 7) is 2.38. The summed E-state index contributed by atoms with van der Waals surface area (Å²) in [4.78, 5) is 8.68. The lowest BCUT2D eigenvalue weighted by molar-refractivity contribution is -0.0865. The molecule has 1 aromatic carbocycles. The van der Waals surface area contributed by atoms with Gasteiger partial charge in [0.05, 0.1) is 49.1 Å². The normalized spacial score (nSPS) is 20.8. The van der Waals surface area contributed by atoms with Crippen LogP contribution in [-0.4, -0.2) is 87.1 Å². The number of likely N-dealkylation sites (tertiary alicyclic amines) is 1. The van der Waals surface area contributed by atoms with Gasteiger partial charge in [-0.3, -0.25) is 23.9 Å². The van der Waals surface area contributed by atoms with Crippen molar-refractivity contribution in [3.8, 4) is 11.1 Å². The van der Waals surface area contributed by atoms with E-state index < -0.39 is 25.1 Å². The third-order valence-electron chi connectivity index (χ3n) is 7.54. The van der Waals surface area contributed by atoms with Gasteiger partial charge in [0.15, 0.2) is 0 Å². The van der Waals surface area contributed by atoms with Gasteiger partial charge in [0.25, 0.3) is 5.92 Å². The first-order valence-corrected chi connectivity index (χ1v) is 13.1. The number of halogens is 3. The largest absolute Gasteiger partial charge is 0.390 e. The van der Waals surface area contributed by atoms with Crippen molar-refractivity contribution in [2.24, 2.45) is 7.05 Å². The van der Waals surface area contributed by atoms with Crippen LogP contribution in [0, 0.1) is 0 Å². The highest BCUT2D eigenvalue weighted by Crippen LogP contribution is 2.40. The second kappa shape index (κ2) is 11.0. The summed E-state index contributed by atoms with van der Waals surface area (Å²) >= 11 is 0. The van der Waals surface area contributed by atoms with Gasteiger partial charge in [0.1, 0.15) is 6.61 Å². The SMILES string of the molecule is C[C@H]1Cc2cc(-c3cnn(C)c3)ccc2[C@@H](c2ccc(NC3CN(CCCF)C3)cn2)N1CC(F)(F)CO. The van der Waals surface area contributed by atoms with E-state index in [0.29, 0.717) is 18.5 Å². The smallest absolute Gasteiger partial charge is 0.283 e. The van der Waals surface area contributed by atoms with Crippen LogP contribution < -0.4 is 5.32 Å². The van der Waals surface area contributed by atoms with Crippen LogP contribution in [0.2, 0.25) is 0 Å². The summed E-state index contributed by atoms with van der Waals surface area (Å²) in [7, 11) is 1.87. The van der Waals surface area contributed by atoms with Gasteiger partial charge in [0.2, 0.25) is 0 Å². The molecule has 2 aliphatic heterocycles. The lowest BCUT2D eigenvalue weighted by atomic mass is 9.85. The number of aromatic nitrogens is 3. The summed E-state index contributed by atoms with van der Waals surface area (Å²) in [5, 5.41) is 17.0. The molecule has 2 aliphatic rings. The fourth-order valence-electron chi connectivity index (χ4n) is 5.58. The third kappa shape index (κ3) is 5.72. The van der Waals surface area contributed by atoms with Gasteiger partial charge in [-0.05, 0) is 48.6 Å². The predicted octanol–water partition coefficient (Wildman–Crippen LogP) is 3.90. The van der Waals surface area contributed by atoms with Crippen molar-refractivity contribution in [2.45, 2.75) is 43.8 Å². The molecular formula is C28H35F3N6O. The maximum absolute atomic E-state index is 14.5. The number of alkyl halides is 3. The fraction of sp³-hybridized carbons (Fsp3) is 0.500. The molecule has 0 radical (unpaired) electrons. The molecule has 5 rings (SSSR count). The number of hydrogen-bond acceptors (Lipinski definition) is 6. The molecule has 0 bridgehead atoms. The van der Waals surface area contributed by atoms with E-state index in [1.54, 1.807) is 15.8 Å². The summed E-state index contributed by atoms with van der Waals surface area (Å²) < 4.78 is 43.1. The van der Waals surface area contributed by atoms with Crippen LogP contribution in [0.25, 0.3) is 11.1 Å². The molecule has 7 nitrogen and oxygen atoms in total. The van der Waals surface area contributed by atoms with Crippen LogP contribution in [-0.2, 0) is 13.5 Å². The maximum Gasteiger partial charge on any atom is 0.283 e. The monoisotopic (exact) mass is 528 g/mol. The van der Waals surface area contributed by atoms with Gasteiger partial charge in [0, 0.05) is 44.5 Å². The highest BCUT2D eigenvalue weighted by molar-refractivity contribution is 5.64. The molecule has 2 N–H and O–H groups in total. The Morgan fingerprint density at radius 3 is 2.61 bits per heavy atom. The van der Waals surface area contributed by atoms with Crippen molar-refractivity contribution in [1.82, 2.24) is 24.6 Å². The number of benzene rings is 1. The number of aliphatic hydroxyl groups excluding tert-OH is 1. The summed E-state index contributed by atoms with van der Waals surface area (Å²) in [6.07, 6.45) is 6.69. The number of aliphatic hydroxyl groups is 1. The molecule has 204 valence electrons. The first-order valence-electron chi connectivity index (χ1n) is 13.1. The molecule has 3 aromatic rings. The van der Waals surface area contributed by atoms with Crippen LogP contribution in [0.5, 0.6) is 0 Å². The van der Waals surface area contributed by atoms with Crippen LogP contribution in [0.4, 0.5) is 18.9 Å². The Bertz CT molecular complexity index is 1230. The number of aryl methyl sites for hydroxylation is 1. The van der Waals surface area contributed by atoms with E-state index >= 15 is 0 Å². The molecule has 2 atom stereocenters. The van der Waals surface area contributed by atoms with E-state index in [2.05, 4.69) is 21.4 Å². The Kier molecular flexibility index (Phi) is 7.74. The number of rotatable bonds is 10. The Morgan fingerprint density at radius 1 is 1.13 bits per heavy atom. The zero-order valence-electron chi connectivity index (χ0n) is 21.8. The Labute approximate surface area is 221 Å². The zero-order valence-corrected chi connectivity index (χ0v) is 21.8. The molecule has 10 heteroatoms. The molecule has 0 amide bonds.